The molecule has 0 amide bonds. The lowest BCUT2D eigenvalue weighted by molar-refractivity contribution is 0.0578. The number of carbonyl (C=O) groups excluding carboxylic acids is 1. The predicted octanol–water partition coefficient (Wildman–Crippen LogP) is 3.23. The number of ketones is 1. The summed E-state index contributed by atoms with van der Waals surface area (Å²) >= 11 is 0. The Kier molecular flexibility index (Phi) is 4.05. The van der Waals surface area contributed by atoms with Gasteiger partial charge in [-0.2, -0.15) is 0 Å². The van der Waals surface area contributed by atoms with Crippen molar-refractivity contribution in [3.8, 4) is 0 Å². The number of ether oxygens (including phenoxy) is 1. The monoisotopic (exact) mass is 243 g/mol. The Morgan fingerprint density at radius 3 is 2.89 bits per heavy atom. The molecule has 0 radical (unpaired) electrons. The zero-order chi connectivity index (χ0) is 13.0. The molecule has 1 unspecified atom stereocenters. The molecule has 0 aliphatic heterocycles. The largest absolute Gasteiger partial charge is 0.373 e. The summed E-state index contributed by atoms with van der Waals surface area (Å²) in [6.45, 7) is 2.04. The van der Waals surface area contributed by atoms with Gasteiger partial charge in [0.25, 0.3) is 0 Å². The van der Waals surface area contributed by atoms with Gasteiger partial charge in [-0.1, -0.05) is 31.5 Å². The first-order valence-corrected chi connectivity index (χ1v) is 6.18. The highest BCUT2D eigenvalue weighted by molar-refractivity contribution is 6.01. The van der Waals surface area contributed by atoms with Crippen LogP contribution in [0.15, 0.2) is 36.5 Å². The second kappa shape index (κ2) is 5.74. The number of para-hydroxylation sites is 1. The van der Waals surface area contributed by atoms with Crippen LogP contribution in [0.5, 0.6) is 0 Å². The van der Waals surface area contributed by atoms with E-state index in [0.717, 1.165) is 23.7 Å². The smallest absolute Gasteiger partial charge is 0.193 e. The first-order valence-electron chi connectivity index (χ1n) is 6.18. The lowest BCUT2D eigenvalue weighted by atomic mass is 10.0. The summed E-state index contributed by atoms with van der Waals surface area (Å²) < 4.78 is 5.24. The van der Waals surface area contributed by atoms with Crippen molar-refractivity contribution in [2.24, 2.45) is 0 Å². The van der Waals surface area contributed by atoms with Gasteiger partial charge >= 0.3 is 0 Å². The molecule has 0 bridgehead atoms. The molecule has 1 aromatic carbocycles. The van der Waals surface area contributed by atoms with Crippen molar-refractivity contribution >= 4 is 16.7 Å². The van der Waals surface area contributed by atoms with Crippen LogP contribution < -0.4 is 0 Å². The number of Topliss-reactive ketones (excluding diaryl/α,β-unsaturated/α-hetero) is 1. The molecule has 3 heteroatoms. The minimum absolute atomic E-state index is 0.0117. The Balaban J connectivity index is 2.32. The molecule has 1 heterocycles. The third kappa shape index (κ3) is 2.57. The van der Waals surface area contributed by atoms with E-state index in [-0.39, 0.29) is 11.9 Å². The van der Waals surface area contributed by atoms with Gasteiger partial charge in [-0.05, 0) is 18.6 Å². The second-order valence-electron chi connectivity index (χ2n) is 4.29. The Morgan fingerprint density at radius 1 is 1.39 bits per heavy atom. The molecule has 0 N–H and O–H groups in total. The van der Waals surface area contributed by atoms with Gasteiger partial charge in [0.15, 0.2) is 5.78 Å². The lowest BCUT2D eigenvalue weighted by Gasteiger charge is -2.13. The van der Waals surface area contributed by atoms with Crippen molar-refractivity contribution in [1.82, 2.24) is 4.98 Å². The molecule has 0 aliphatic rings. The van der Waals surface area contributed by atoms with E-state index in [1.54, 1.807) is 13.3 Å². The molecule has 1 aromatic heterocycles. The summed E-state index contributed by atoms with van der Waals surface area (Å²) in [6.07, 6.45) is 2.93. The summed E-state index contributed by atoms with van der Waals surface area (Å²) in [5.41, 5.74) is 1.52. The molecule has 1 atom stereocenters. The topological polar surface area (TPSA) is 39.2 Å². The van der Waals surface area contributed by atoms with E-state index in [1.165, 1.54) is 0 Å². The molecule has 94 valence electrons. The Hall–Kier alpha value is -1.74. The maximum absolute atomic E-state index is 12.2. The minimum atomic E-state index is -0.363. The van der Waals surface area contributed by atoms with Crippen LogP contribution in [0.25, 0.3) is 10.9 Å². The van der Waals surface area contributed by atoms with E-state index in [0.29, 0.717) is 5.56 Å². The van der Waals surface area contributed by atoms with Crippen LogP contribution >= 0.6 is 0 Å². The van der Waals surface area contributed by atoms with E-state index in [2.05, 4.69) is 4.98 Å². The highest BCUT2D eigenvalue weighted by atomic mass is 16.5. The highest BCUT2D eigenvalue weighted by Gasteiger charge is 2.19. The molecule has 0 fully saturated rings. The molecule has 0 spiro atoms. The van der Waals surface area contributed by atoms with Gasteiger partial charge in [0.1, 0.15) is 6.10 Å². The first kappa shape index (κ1) is 12.7. The summed E-state index contributed by atoms with van der Waals surface area (Å²) in [7, 11) is 1.58. The maximum Gasteiger partial charge on any atom is 0.193 e. The third-order valence-electron chi connectivity index (χ3n) is 3.00. The van der Waals surface area contributed by atoms with Crippen molar-refractivity contribution in [3.63, 3.8) is 0 Å². The standard InChI is InChI=1S/C15H17NO2/c1-3-6-14(18-2)15(17)12-9-11-7-4-5-8-13(11)16-10-12/h4-5,7-10,14H,3,6H2,1-2H3. The van der Waals surface area contributed by atoms with Gasteiger partial charge in [0.2, 0.25) is 0 Å². The second-order valence-corrected chi connectivity index (χ2v) is 4.29. The van der Waals surface area contributed by atoms with Gasteiger partial charge in [-0.15, -0.1) is 0 Å². The van der Waals surface area contributed by atoms with Gasteiger partial charge in [0.05, 0.1) is 5.52 Å². The molecule has 0 saturated carbocycles. The number of benzene rings is 1. The number of fused-ring (bicyclic) bond motifs is 1. The molecular formula is C15H17NO2. The average Bonchev–Trinajstić information content (AvgIpc) is 2.43. The molecule has 2 rings (SSSR count). The van der Waals surface area contributed by atoms with Gasteiger partial charge in [-0.25, -0.2) is 0 Å². The highest BCUT2D eigenvalue weighted by Crippen LogP contribution is 2.16. The van der Waals surface area contributed by atoms with E-state index in [9.17, 15) is 4.79 Å². The number of hydrogen-bond donors (Lipinski definition) is 0. The van der Waals surface area contributed by atoms with E-state index in [4.69, 9.17) is 4.74 Å². The molecule has 3 nitrogen and oxygen atoms in total. The van der Waals surface area contributed by atoms with Crippen LogP contribution in [-0.2, 0) is 4.74 Å². The van der Waals surface area contributed by atoms with Crippen molar-refractivity contribution in [3.05, 3.63) is 42.1 Å². The molecule has 2 aromatic rings. The number of nitrogens with zero attached hydrogens (tertiary/aromatic N) is 1. The molecule has 18 heavy (non-hydrogen) atoms. The summed E-state index contributed by atoms with van der Waals surface area (Å²) in [5, 5.41) is 0.981. The zero-order valence-electron chi connectivity index (χ0n) is 10.7. The Labute approximate surface area is 107 Å². The van der Waals surface area contributed by atoms with E-state index >= 15 is 0 Å². The van der Waals surface area contributed by atoms with Crippen molar-refractivity contribution < 1.29 is 9.53 Å². The SMILES string of the molecule is CCCC(OC)C(=O)c1cnc2ccccc2c1. The van der Waals surface area contributed by atoms with Crippen LogP contribution in [0.3, 0.4) is 0 Å². The fourth-order valence-electron chi connectivity index (χ4n) is 2.01. The van der Waals surface area contributed by atoms with Crippen molar-refractivity contribution in [1.29, 1.82) is 0 Å². The van der Waals surface area contributed by atoms with E-state index < -0.39 is 0 Å². The fourth-order valence-corrected chi connectivity index (χ4v) is 2.01. The number of pyridine rings is 1. The normalized spacial score (nSPS) is 12.6. The summed E-state index contributed by atoms with van der Waals surface area (Å²) in [6, 6.07) is 9.65. The van der Waals surface area contributed by atoms with Gasteiger partial charge in [-0.3, -0.25) is 9.78 Å². The van der Waals surface area contributed by atoms with Crippen molar-refractivity contribution in [2.75, 3.05) is 7.11 Å². The van der Waals surface area contributed by atoms with Crippen LogP contribution in [0, 0.1) is 0 Å². The zero-order valence-corrected chi connectivity index (χ0v) is 10.7. The number of carbonyl (C=O) groups is 1. The number of aromatic nitrogens is 1. The minimum Gasteiger partial charge on any atom is -0.373 e. The Bertz CT molecular complexity index is 551. The van der Waals surface area contributed by atoms with Crippen LogP contribution in [-0.4, -0.2) is 24.0 Å². The number of methoxy groups -OCH3 is 1. The summed E-state index contributed by atoms with van der Waals surface area (Å²) in [5.74, 6) is 0.0117. The van der Waals surface area contributed by atoms with Crippen LogP contribution in [0.2, 0.25) is 0 Å². The predicted molar refractivity (Wildman–Crippen MR) is 71.8 cm³/mol. The first-order chi connectivity index (χ1) is 8.76. The van der Waals surface area contributed by atoms with Crippen molar-refractivity contribution in [2.45, 2.75) is 25.9 Å². The van der Waals surface area contributed by atoms with Gasteiger partial charge < -0.3 is 4.74 Å². The maximum atomic E-state index is 12.2. The average molecular weight is 243 g/mol. The quantitative estimate of drug-likeness (QED) is 0.757. The summed E-state index contributed by atoms with van der Waals surface area (Å²) in [4.78, 5) is 16.5. The lowest BCUT2D eigenvalue weighted by Crippen LogP contribution is -2.23. The third-order valence-corrected chi connectivity index (χ3v) is 3.00. The number of rotatable bonds is 5. The van der Waals surface area contributed by atoms with E-state index in [1.807, 2.05) is 37.3 Å². The Morgan fingerprint density at radius 2 is 2.17 bits per heavy atom. The number of hydrogen-bond acceptors (Lipinski definition) is 3. The van der Waals surface area contributed by atoms with Gasteiger partial charge in [0, 0.05) is 24.3 Å². The van der Waals surface area contributed by atoms with Crippen LogP contribution in [0.4, 0.5) is 0 Å². The molecular weight excluding hydrogens is 226 g/mol. The molecule has 0 saturated heterocycles. The molecule has 0 aliphatic carbocycles. The van der Waals surface area contributed by atoms with Crippen LogP contribution in [0.1, 0.15) is 30.1 Å². The fraction of sp³-hybridized carbons (Fsp3) is 0.333.